The number of hydrogen-bond donors (Lipinski definition) is 1. The number of carbonyl (C=O) groups is 1. The van der Waals surface area contributed by atoms with Crippen molar-refractivity contribution in [2.24, 2.45) is 10.2 Å². The summed E-state index contributed by atoms with van der Waals surface area (Å²) in [5, 5.41) is 18.9. The zero-order valence-electron chi connectivity index (χ0n) is 14.9. The predicted molar refractivity (Wildman–Crippen MR) is 97.3 cm³/mol. The number of allylic oxidation sites excluding steroid dienone is 7. The number of fused-ring (bicyclic) bond motifs is 1. The standard InChI is InChI=1S/C17H13N3O6S.Na/c1-10-2-6-14(15(8-10)20(22)23)18-19-17-13-5-4-12(27(24,25)26)9-11(13)3-7-16(17)21;/h2-9H,1H3,(H2,24,25,26);/q;+1/p-1. The fourth-order valence-corrected chi connectivity index (χ4v) is 3.02. The maximum Gasteiger partial charge on any atom is 1.00 e. The van der Waals surface area contributed by atoms with Crippen LogP contribution >= 0.6 is 0 Å². The van der Waals surface area contributed by atoms with Crippen molar-refractivity contribution in [2.45, 2.75) is 6.92 Å². The van der Waals surface area contributed by atoms with E-state index in [4.69, 9.17) is 4.55 Å². The molecule has 0 saturated carbocycles. The average molecular weight is 409 g/mol. The molecule has 0 aliphatic heterocycles. The smallest absolute Gasteiger partial charge is 0.757 e. The monoisotopic (exact) mass is 409 g/mol. The summed E-state index contributed by atoms with van der Waals surface area (Å²) in [4.78, 5) is 22.4. The van der Waals surface area contributed by atoms with Crippen LogP contribution in [0.15, 0.2) is 75.7 Å². The van der Waals surface area contributed by atoms with Crippen LogP contribution in [-0.2, 0) is 14.9 Å². The molecule has 1 aromatic carbocycles. The van der Waals surface area contributed by atoms with E-state index >= 15 is 0 Å². The van der Waals surface area contributed by atoms with Gasteiger partial charge in [-0.1, -0.05) is 18.2 Å². The van der Waals surface area contributed by atoms with Crippen LogP contribution < -0.4 is 29.6 Å². The number of nitro benzene ring substituents is 1. The fourth-order valence-electron chi connectivity index (χ4n) is 2.50. The first-order valence-corrected chi connectivity index (χ1v) is 8.99. The van der Waals surface area contributed by atoms with E-state index in [-0.39, 0.29) is 51.5 Å². The average Bonchev–Trinajstić information content (AvgIpc) is 2.60. The van der Waals surface area contributed by atoms with Crippen LogP contribution in [0, 0.1) is 17.0 Å². The molecule has 0 radical (unpaired) electrons. The molecule has 3 rings (SSSR count). The Morgan fingerprint density at radius 2 is 1.86 bits per heavy atom. The minimum atomic E-state index is -4.40. The number of nitro groups is 1. The molecule has 0 saturated heterocycles. The third kappa shape index (κ3) is 4.61. The largest absolute Gasteiger partial charge is 1.00 e. The van der Waals surface area contributed by atoms with Crippen molar-refractivity contribution in [3.05, 3.63) is 81.1 Å². The van der Waals surface area contributed by atoms with E-state index < -0.39 is 20.8 Å². The third-order valence-electron chi connectivity index (χ3n) is 3.81. The summed E-state index contributed by atoms with van der Waals surface area (Å²) >= 11 is 0. The second-order valence-electron chi connectivity index (χ2n) is 5.72. The van der Waals surface area contributed by atoms with Gasteiger partial charge in [0.05, 0.1) is 4.92 Å². The van der Waals surface area contributed by atoms with Gasteiger partial charge in [0.15, 0.2) is 5.69 Å². The van der Waals surface area contributed by atoms with Crippen molar-refractivity contribution >= 4 is 32.1 Å². The summed E-state index contributed by atoms with van der Waals surface area (Å²) in [6, 6.07) is 4.39. The van der Waals surface area contributed by atoms with E-state index in [1.54, 1.807) is 13.0 Å². The van der Waals surface area contributed by atoms with Crippen LogP contribution in [0.25, 0.3) is 0 Å². The molecule has 1 N–H and O–H groups in total. The summed E-state index contributed by atoms with van der Waals surface area (Å²) in [6.07, 6.45) is 6.20. The summed E-state index contributed by atoms with van der Waals surface area (Å²) in [5.74, 6) is -0.486. The molecule has 9 nitrogen and oxygen atoms in total. The Balaban J connectivity index is 0.00000280. The molecule has 1 atom stereocenters. The van der Waals surface area contributed by atoms with Gasteiger partial charge in [-0.15, -0.1) is 10.2 Å². The number of benzene rings is 1. The molecule has 0 aromatic heterocycles. The summed E-state index contributed by atoms with van der Waals surface area (Å²) < 4.78 is 31.6. The summed E-state index contributed by atoms with van der Waals surface area (Å²) in [6.45, 7) is 1.70. The Labute approximate surface area is 182 Å². The van der Waals surface area contributed by atoms with Crippen LogP contribution in [0.4, 0.5) is 11.4 Å². The van der Waals surface area contributed by atoms with E-state index in [0.717, 1.165) is 6.08 Å². The first kappa shape index (κ1) is 22.1. The van der Waals surface area contributed by atoms with Gasteiger partial charge in [0.25, 0.3) is 5.69 Å². The molecule has 138 valence electrons. The maximum atomic E-state index is 12.2. The van der Waals surface area contributed by atoms with Gasteiger partial charge in [-0.25, -0.2) is 0 Å². The van der Waals surface area contributed by atoms with Crippen molar-refractivity contribution in [1.29, 1.82) is 0 Å². The van der Waals surface area contributed by atoms with E-state index in [0.29, 0.717) is 16.7 Å². The molecule has 0 fully saturated rings. The van der Waals surface area contributed by atoms with Gasteiger partial charge in [-0.05, 0) is 42.4 Å². The zero-order chi connectivity index (χ0) is 19.8. The van der Waals surface area contributed by atoms with Crippen molar-refractivity contribution in [3.8, 4) is 0 Å². The summed E-state index contributed by atoms with van der Waals surface area (Å²) in [5.41, 5.74) is 0.958. The van der Waals surface area contributed by atoms with Gasteiger partial charge in [-0.2, -0.15) is 0 Å². The first-order chi connectivity index (χ1) is 12.7. The number of rotatable bonds is 3. The molecular weight excluding hydrogens is 397 g/mol. The van der Waals surface area contributed by atoms with Gasteiger partial charge < -0.3 is 9.11 Å². The zero-order valence-corrected chi connectivity index (χ0v) is 17.7. The minimum absolute atomic E-state index is 0. The molecule has 2 aliphatic rings. The van der Waals surface area contributed by atoms with E-state index in [2.05, 4.69) is 10.2 Å². The first-order valence-electron chi connectivity index (χ1n) is 7.55. The Morgan fingerprint density at radius 1 is 1.14 bits per heavy atom. The second-order valence-corrected chi connectivity index (χ2v) is 7.14. The van der Waals surface area contributed by atoms with Crippen LogP contribution in [0.5, 0.6) is 0 Å². The van der Waals surface area contributed by atoms with Crippen molar-refractivity contribution < 1.29 is 52.6 Å². The number of aryl methyl sites for hydroxylation is 1. The fraction of sp³-hybridized carbons (Fsp3) is 0.0588. The quantitative estimate of drug-likeness (QED) is 0.243. The number of nitrogens with zero attached hydrogens (tertiary/aromatic N) is 3. The Bertz CT molecular complexity index is 1150. The molecule has 2 aliphatic carbocycles. The third-order valence-corrected chi connectivity index (χ3v) is 4.66. The molecule has 0 bridgehead atoms. The van der Waals surface area contributed by atoms with Crippen molar-refractivity contribution in [2.75, 3.05) is 0 Å². The van der Waals surface area contributed by atoms with E-state index in [1.165, 1.54) is 36.4 Å². The van der Waals surface area contributed by atoms with Crippen LogP contribution in [0.3, 0.4) is 0 Å². The van der Waals surface area contributed by atoms with E-state index in [1.807, 2.05) is 0 Å². The van der Waals surface area contributed by atoms with Crippen molar-refractivity contribution in [1.82, 2.24) is 0 Å². The molecule has 28 heavy (non-hydrogen) atoms. The maximum absolute atomic E-state index is 12.2. The van der Waals surface area contributed by atoms with Crippen LogP contribution in [0.1, 0.15) is 5.56 Å². The molecule has 11 heteroatoms. The molecule has 0 heterocycles. The number of ketones is 1. The normalized spacial score (nSPS) is 17.9. The Morgan fingerprint density at radius 3 is 2.50 bits per heavy atom. The predicted octanol–water partition coefficient (Wildman–Crippen LogP) is -0.0597. The van der Waals surface area contributed by atoms with Gasteiger partial charge in [0.2, 0.25) is 5.78 Å². The second kappa shape index (κ2) is 8.43. The molecule has 0 spiro atoms. The number of hydrogen-bond acceptors (Lipinski definition) is 7. The van der Waals surface area contributed by atoms with Gasteiger partial charge in [-0.3, -0.25) is 19.1 Å². The van der Waals surface area contributed by atoms with Gasteiger partial charge in [0.1, 0.15) is 5.70 Å². The SMILES string of the molecule is Cc1ccc(N=NC2=C3C=CC(=S(=O)([O-])O)C=C3C=CC2=O)c([N+](=O)[O-])c1.[Na+]. The van der Waals surface area contributed by atoms with Crippen molar-refractivity contribution in [3.63, 3.8) is 0 Å². The molecule has 0 amide bonds. The van der Waals surface area contributed by atoms with Gasteiger partial charge in [0, 0.05) is 26.6 Å². The number of carbonyl (C=O) groups excluding carboxylic acids is 1. The molecular formula is C17H12N3NaO6S. The Hall–Kier alpha value is -2.21. The topological polar surface area (TPSA) is 145 Å². The Kier molecular flexibility index (Phi) is 6.65. The molecule has 1 aromatic rings. The summed E-state index contributed by atoms with van der Waals surface area (Å²) in [7, 11) is -4.40. The number of azo groups is 1. The van der Waals surface area contributed by atoms with Gasteiger partial charge >= 0.3 is 29.6 Å². The molecule has 1 unspecified atom stereocenters. The van der Waals surface area contributed by atoms with Crippen LogP contribution in [0.2, 0.25) is 0 Å². The van der Waals surface area contributed by atoms with E-state index in [9.17, 15) is 23.7 Å². The minimum Gasteiger partial charge on any atom is -0.757 e. The van der Waals surface area contributed by atoms with Crippen LogP contribution in [-0.4, -0.2) is 28.9 Å².